The molecule has 2 rings (SSSR count). The summed E-state index contributed by atoms with van der Waals surface area (Å²) in [5.74, 6) is -0.885. The molecule has 0 aliphatic heterocycles. The van der Waals surface area contributed by atoms with E-state index in [2.05, 4.69) is 10.1 Å². The zero-order valence-corrected chi connectivity index (χ0v) is 12.5. The van der Waals surface area contributed by atoms with Gasteiger partial charge in [-0.3, -0.25) is 4.79 Å². The first-order valence-electron chi connectivity index (χ1n) is 6.75. The number of alkyl halides is 3. The lowest BCUT2D eigenvalue weighted by Gasteiger charge is -2.13. The highest BCUT2D eigenvalue weighted by molar-refractivity contribution is 5.85. The van der Waals surface area contributed by atoms with Crippen LogP contribution in [-0.2, 0) is 4.79 Å². The van der Waals surface area contributed by atoms with Gasteiger partial charge in [-0.25, -0.2) is 0 Å². The molecule has 22 heavy (non-hydrogen) atoms. The van der Waals surface area contributed by atoms with Crippen molar-refractivity contribution in [2.75, 3.05) is 13.1 Å². The molecule has 3 N–H and O–H groups in total. The van der Waals surface area contributed by atoms with Crippen molar-refractivity contribution in [3.05, 3.63) is 29.8 Å². The van der Waals surface area contributed by atoms with Crippen LogP contribution in [-0.4, -0.2) is 25.4 Å². The lowest BCUT2D eigenvalue weighted by atomic mass is 10.1. The molecule has 124 valence electrons. The van der Waals surface area contributed by atoms with Gasteiger partial charge >= 0.3 is 6.36 Å². The SMILES string of the molecule is Cl.NCCCNC(=O)C1CC1c1ccccc1OC(F)(F)F. The van der Waals surface area contributed by atoms with Gasteiger partial charge in [-0.05, 0) is 36.9 Å². The van der Waals surface area contributed by atoms with Crippen LogP contribution in [0.3, 0.4) is 0 Å². The molecule has 0 spiro atoms. The van der Waals surface area contributed by atoms with E-state index in [1.165, 1.54) is 12.1 Å². The second-order valence-electron chi connectivity index (χ2n) is 4.97. The molecule has 1 fully saturated rings. The monoisotopic (exact) mass is 338 g/mol. The summed E-state index contributed by atoms with van der Waals surface area (Å²) in [6.45, 7) is 0.968. The fourth-order valence-electron chi connectivity index (χ4n) is 2.28. The lowest BCUT2D eigenvalue weighted by molar-refractivity contribution is -0.274. The van der Waals surface area contributed by atoms with Gasteiger partial charge in [-0.1, -0.05) is 18.2 Å². The van der Waals surface area contributed by atoms with E-state index >= 15 is 0 Å². The van der Waals surface area contributed by atoms with E-state index in [0.29, 0.717) is 31.5 Å². The maximum Gasteiger partial charge on any atom is 0.573 e. The summed E-state index contributed by atoms with van der Waals surface area (Å²) in [4.78, 5) is 11.8. The Kier molecular flexibility index (Phi) is 6.49. The van der Waals surface area contributed by atoms with Gasteiger partial charge in [0.05, 0.1) is 0 Å². The van der Waals surface area contributed by atoms with Crippen LogP contribution in [0.2, 0.25) is 0 Å². The number of carbonyl (C=O) groups is 1. The second kappa shape index (κ2) is 7.69. The van der Waals surface area contributed by atoms with Crippen LogP contribution >= 0.6 is 12.4 Å². The van der Waals surface area contributed by atoms with Crippen LogP contribution in [0.1, 0.15) is 24.3 Å². The molecule has 0 radical (unpaired) electrons. The van der Waals surface area contributed by atoms with Crippen LogP contribution in [0.5, 0.6) is 5.75 Å². The van der Waals surface area contributed by atoms with Crippen LogP contribution in [0, 0.1) is 5.92 Å². The van der Waals surface area contributed by atoms with Crippen LogP contribution in [0.4, 0.5) is 13.2 Å². The number of amides is 1. The minimum Gasteiger partial charge on any atom is -0.405 e. The topological polar surface area (TPSA) is 64.3 Å². The second-order valence-corrected chi connectivity index (χ2v) is 4.97. The number of nitrogens with one attached hydrogen (secondary N) is 1. The first-order chi connectivity index (χ1) is 9.92. The minimum atomic E-state index is -4.73. The molecule has 1 amide bonds. The van der Waals surface area contributed by atoms with Crippen molar-refractivity contribution < 1.29 is 22.7 Å². The predicted molar refractivity (Wildman–Crippen MR) is 77.9 cm³/mol. The Morgan fingerprint density at radius 2 is 2.05 bits per heavy atom. The number of nitrogens with two attached hydrogens (primary N) is 1. The van der Waals surface area contributed by atoms with Gasteiger partial charge in [0.1, 0.15) is 5.75 Å². The van der Waals surface area contributed by atoms with Gasteiger partial charge in [-0.15, -0.1) is 25.6 Å². The average Bonchev–Trinajstić information content (AvgIpc) is 3.18. The molecule has 2 unspecified atom stereocenters. The van der Waals surface area contributed by atoms with Crippen molar-refractivity contribution in [2.24, 2.45) is 11.7 Å². The fourth-order valence-corrected chi connectivity index (χ4v) is 2.28. The number of benzene rings is 1. The number of carbonyl (C=O) groups excluding carboxylic acids is 1. The Labute approximate surface area is 132 Å². The van der Waals surface area contributed by atoms with Crippen LogP contribution < -0.4 is 15.8 Å². The molecular weight excluding hydrogens is 321 g/mol. The van der Waals surface area contributed by atoms with Crippen molar-refractivity contribution in [2.45, 2.75) is 25.1 Å². The molecule has 2 atom stereocenters. The van der Waals surface area contributed by atoms with Crippen LogP contribution in [0.25, 0.3) is 0 Å². The highest BCUT2D eigenvalue weighted by Gasteiger charge is 2.46. The van der Waals surface area contributed by atoms with Gasteiger partial charge in [0.2, 0.25) is 5.91 Å². The molecule has 4 nitrogen and oxygen atoms in total. The molecule has 1 saturated carbocycles. The Balaban J connectivity index is 0.00000242. The zero-order chi connectivity index (χ0) is 15.5. The molecule has 1 aliphatic carbocycles. The number of rotatable bonds is 6. The van der Waals surface area contributed by atoms with E-state index in [9.17, 15) is 18.0 Å². The Hall–Kier alpha value is -1.47. The Morgan fingerprint density at radius 1 is 1.36 bits per heavy atom. The number of hydrogen-bond donors (Lipinski definition) is 2. The van der Waals surface area contributed by atoms with E-state index in [1.807, 2.05) is 0 Å². The summed E-state index contributed by atoms with van der Waals surface area (Å²) in [5, 5.41) is 2.73. The third-order valence-electron chi connectivity index (χ3n) is 3.35. The van der Waals surface area contributed by atoms with E-state index < -0.39 is 6.36 Å². The van der Waals surface area contributed by atoms with Gasteiger partial charge in [0, 0.05) is 12.5 Å². The number of ether oxygens (including phenoxy) is 1. The third kappa shape index (κ3) is 5.06. The van der Waals surface area contributed by atoms with E-state index in [4.69, 9.17) is 5.73 Å². The molecule has 0 aromatic heterocycles. The zero-order valence-electron chi connectivity index (χ0n) is 11.7. The smallest absolute Gasteiger partial charge is 0.405 e. The summed E-state index contributed by atoms with van der Waals surface area (Å²) in [6, 6.07) is 5.95. The lowest BCUT2D eigenvalue weighted by Crippen LogP contribution is -2.27. The molecule has 1 aromatic carbocycles. The van der Waals surface area contributed by atoms with E-state index in [-0.39, 0.29) is 35.9 Å². The van der Waals surface area contributed by atoms with Crippen molar-refractivity contribution in [1.82, 2.24) is 5.32 Å². The fraction of sp³-hybridized carbons (Fsp3) is 0.500. The summed E-state index contributed by atoms with van der Waals surface area (Å²) < 4.78 is 41.1. The molecule has 0 bridgehead atoms. The predicted octanol–water partition coefficient (Wildman–Crippen LogP) is 2.58. The van der Waals surface area contributed by atoms with Crippen molar-refractivity contribution in [3.8, 4) is 5.75 Å². The van der Waals surface area contributed by atoms with Crippen molar-refractivity contribution in [3.63, 3.8) is 0 Å². The van der Waals surface area contributed by atoms with E-state index in [0.717, 1.165) is 0 Å². The number of hydrogen-bond acceptors (Lipinski definition) is 3. The number of para-hydroxylation sites is 1. The average molecular weight is 339 g/mol. The summed E-state index contributed by atoms with van der Waals surface area (Å²) >= 11 is 0. The quantitative estimate of drug-likeness (QED) is 0.784. The first kappa shape index (κ1) is 18.6. The van der Waals surface area contributed by atoms with Gasteiger partial charge in [0.15, 0.2) is 0 Å². The molecule has 1 aliphatic rings. The standard InChI is InChI=1S/C14H17F3N2O2.ClH/c15-14(16,17)21-12-5-2-1-4-9(12)10-8-11(10)13(20)19-7-3-6-18;/h1-2,4-5,10-11H,3,6-8,18H2,(H,19,20);1H. The minimum absolute atomic E-state index is 0. The molecule has 0 saturated heterocycles. The highest BCUT2D eigenvalue weighted by atomic mass is 35.5. The summed E-state index contributed by atoms with van der Waals surface area (Å²) in [6.07, 6.45) is -3.52. The van der Waals surface area contributed by atoms with E-state index in [1.54, 1.807) is 12.1 Å². The van der Waals surface area contributed by atoms with Crippen molar-refractivity contribution >= 4 is 18.3 Å². The summed E-state index contributed by atoms with van der Waals surface area (Å²) in [7, 11) is 0. The normalized spacial score (nSPS) is 20.0. The molecule has 0 heterocycles. The Bertz CT molecular complexity index is 511. The maximum atomic E-state index is 12.4. The van der Waals surface area contributed by atoms with Gasteiger partial charge < -0.3 is 15.8 Å². The van der Waals surface area contributed by atoms with Gasteiger partial charge in [0.25, 0.3) is 0 Å². The molecule has 1 aromatic rings. The third-order valence-corrected chi connectivity index (χ3v) is 3.35. The maximum absolute atomic E-state index is 12.4. The Morgan fingerprint density at radius 3 is 2.68 bits per heavy atom. The largest absolute Gasteiger partial charge is 0.573 e. The highest BCUT2D eigenvalue weighted by Crippen LogP contribution is 2.50. The number of halogens is 4. The summed E-state index contributed by atoms with van der Waals surface area (Å²) in [5.41, 5.74) is 5.75. The molecular formula is C14H18ClF3N2O2. The van der Waals surface area contributed by atoms with Gasteiger partial charge in [-0.2, -0.15) is 0 Å². The van der Waals surface area contributed by atoms with Crippen molar-refractivity contribution in [1.29, 1.82) is 0 Å². The molecule has 8 heteroatoms. The first-order valence-corrected chi connectivity index (χ1v) is 6.75. The van der Waals surface area contributed by atoms with Crippen LogP contribution in [0.15, 0.2) is 24.3 Å².